The summed E-state index contributed by atoms with van der Waals surface area (Å²) in [6.45, 7) is 4.27. The van der Waals surface area contributed by atoms with Crippen molar-refractivity contribution < 1.29 is 8.42 Å². The topological polar surface area (TPSA) is 34.1 Å². The highest BCUT2D eigenvalue weighted by molar-refractivity contribution is 7.92. The highest BCUT2D eigenvalue weighted by Crippen LogP contribution is 2.43. The standard InChI is InChI=1S/C16H16O2S/c1-11(2)9-12-7-8-14-13-5-3-4-6-15(13)19(17,18)16(14)10-12/h3-8,10-11H,9H2,1-2H3. The number of sulfone groups is 1. The number of rotatable bonds is 2. The van der Waals surface area contributed by atoms with E-state index in [1.54, 1.807) is 12.1 Å². The molecule has 0 amide bonds. The van der Waals surface area contributed by atoms with Gasteiger partial charge in [-0.05, 0) is 30.0 Å². The van der Waals surface area contributed by atoms with E-state index in [0.29, 0.717) is 15.7 Å². The van der Waals surface area contributed by atoms with E-state index in [1.165, 1.54) is 0 Å². The van der Waals surface area contributed by atoms with Crippen LogP contribution in [0.2, 0.25) is 0 Å². The van der Waals surface area contributed by atoms with Crippen molar-refractivity contribution in [3.63, 3.8) is 0 Å². The lowest BCUT2D eigenvalue weighted by Crippen LogP contribution is -1.99. The lowest BCUT2D eigenvalue weighted by atomic mass is 9.99. The average Bonchev–Trinajstić information content (AvgIpc) is 2.59. The van der Waals surface area contributed by atoms with Crippen LogP contribution >= 0.6 is 0 Å². The van der Waals surface area contributed by atoms with Crippen LogP contribution in [0.1, 0.15) is 19.4 Å². The molecule has 0 saturated carbocycles. The van der Waals surface area contributed by atoms with Crippen molar-refractivity contribution in [3.8, 4) is 11.1 Å². The van der Waals surface area contributed by atoms with Crippen LogP contribution in [0.15, 0.2) is 52.3 Å². The van der Waals surface area contributed by atoms with Crippen LogP contribution in [0.25, 0.3) is 11.1 Å². The van der Waals surface area contributed by atoms with Gasteiger partial charge >= 0.3 is 0 Å². The second-order valence-electron chi connectivity index (χ2n) is 5.43. The molecule has 19 heavy (non-hydrogen) atoms. The molecule has 0 fully saturated rings. The van der Waals surface area contributed by atoms with Crippen LogP contribution < -0.4 is 0 Å². The van der Waals surface area contributed by atoms with Gasteiger partial charge in [-0.2, -0.15) is 0 Å². The number of fused-ring (bicyclic) bond motifs is 3. The van der Waals surface area contributed by atoms with Crippen LogP contribution in [0.5, 0.6) is 0 Å². The van der Waals surface area contributed by atoms with Crippen LogP contribution in [0.3, 0.4) is 0 Å². The van der Waals surface area contributed by atoms with Crippen LogP contribution in [0.4, 0.5) is 0 Å². The van der Waals surface area contributed by atoms with Crippen molar-refractivity contribution >= 4 is 9.84 Å². The van der Waals surface area contributed by atoms with E-state index < -0.39 is 9.84 Å². The average molecular weight is 272 g/mol. The van der Waals surface area contributed by atoms with E-state index >= 15 is 0 Å². The summed E-state index contributed by atoms with van der Waals surface area (Å²) in [5.74, 6) is 0.518. The monoisotopic (exact) mass is 272 g/mol. The van der Waals surface area contributed by atoms with Gasteiger partial charge in [0, 0.05) is 11.1 Å². The summed E-state index contributed by atoms with van der Waals surface area (Å²) >= 11 is 0. The Hall–Kier alpha value is -1.61. The zero-order valence-corrected chi connectivity index (χ0v) is 11.9. The largest absolute Gasteiger partial charge is 0.218 e. The van der Waals surface area contributed by atoms with Gasteiger partial charge in [-0.25, -0.2) is 8.42 Å². The highest BCUT2D eigenvalue weighted by Gasteiger charge is 2.32. The maximum absolute atomic E-state index is 12.5. The van der Waals surface area contributed by atoms with Gasteiger partial charge in [-0.3, -0.25) is 0 Å². The molecule has 0 aliphatic carbocycles. The first-order valence-electron chi connectivity index (χ1n) is 6.47. The predicted molar refractivity (Wildman–Crippen MR) is 75.9 cm³/mol. The van der Waals surface area contributed by atoms with Crippen LogP contribution in [-0.2, 0) is 16.3 Å². The van der Waals surface area contributed by atoms with E-state index in [1.807, 2.05) is 30.3 Å². The maximum Gasteiger partial charge on any atom is 0.207 e. The second kappa shape index (κ2) is 4.20. The Balaban J connectivity index is 2.22. The zero-order chi connectivity index (χ0) is 13.6. The van der Waals surface area contributed by atoms with Gasteiger partial charge < -0.3 is 0 Å². The molecule has 98 valence electrons. The molecular formula is C16H16O2S. The number of hydrogen-bond acceptors (Lipinski definition) is 2. The first kappa shape index (κ1) is 12.4. The van der Waals surface area contributed by atoms with Gasteiger partial charge in [0.05, 0.1) is 9.79 Å². The number of hydrogen-bond donors (Lipinski definition) is 0. The minimum atomic E-state index is -3.32. The highest BCUT2D eigenvalue weighted by atomic mass is 32.2. The van der Waals surface area contributed by atoms with E-state index in [2.05, 4.69) is 13.8 Å². The molecule has 1 heterocycles. The Bertz CT molecular complexity index is 743. The predicted octanol–water partition coefficient (Wildman–Crippen LogP) is 3.70. The Morgan fingerprint density at radius 1 is 0.947 bits per heavy atom. The molecule has 1 aliphatic heterocycles. The molecule has 0 atom stereocenters. The minimum absolute atomic E-state index is 0.437. The fourth-order valence-corrected chi connectivity index (χ4v) is 4.39. The summed E-state index contributed by atoms with van der Waals surface area (Å²) in [5, 5.41) is 0. The molecule has 3 rings (SSSR count). The Labute approximate surface area is 114 Å². The summed E-state index contributed by atoms with van der Waals surface area (Å²) in [5.41, 5.74) is 2.75. The minimum Gasteiger partial charge on any atom is -0.218 e. The molecule has 0 radical (unpaired) electrons. The summed E-state index contributed by atoms with van der Waals surface area (Å²) in [4.78, 5) is 0.901. The third kappa shape index (κ3) is 1.89. The van der Waals surface area contributed by atoms with Crippen molar-refractivity contribution in [3.05, 3.63) is 48.0 Å². The molecular weight excluding hydrogens is 256 g/mol. The van der Waals surface area contributed by atoms with Crippen molar-refractivity contribution in [2.45, 2.75) is 30.1 Å². The van der Waals surface area contributed by atoms with E-state index in [-0.39, 0.29) is 0 Å². The lowest BCUT2D eigenvalue weighted by Gasteiger charge is -2.07. The van der Waals surface area contributed by atoms with Gasteiger partial charge in [0.1, 0.15) is 0 Å². The van der Waals surface area contributed by atoms with Gasteiger partial charge in [0.2, 0.25) is 9.84 Å². The first-order chi connectivity index (χ1) is 9.00. The summed E-state index contributed by atoms with van der Waals surface area (Å²) in [6, 6.07) is 13.0. The van der Waals surface area contributed by atoms with E-state index in [4.69, 9.17) is 0 Å². The van der Waals surface area contributed by atoms with Crippen LogP contribution in [0, 0.1) is 5.92 Å². The van der Waals surface area contributed by atoms with Crippen LogP contribution in [-0.4, -0.2) is 8.42 Å². The quantitative estimate of drug-likeness (QED) is 0.713. The van der Waals surface area contributed by atoms with Crippen molar-refractivity contribution in [2.75, 3.05) is 0 Å². The second-order valence-corrected chi connectivity index (χ2v) is 7.31. The number of benzene rings is 2. The van der Waals surface area contributed by atoms with Gasteiger partial charge in [0.15, 0.2) is 0 Å². The van der Waals surface area contributed by atoms with Gasteiger partial charge in [-0.1, -0.05) is 44.2 Å². The van der Waals surface area contributed by atoms with Crippen molar-refractivity contribution in [2.24, 2.45) is 5.92 Å². The fourth-order valence-electron chi connectivity index (χ4n) is 2.65. The smallest absolute Gasteiger partial charge is 0.207 e. The molecule has 0 aromatic heterocycles. The molecule has 0 N–H and O–H groups in total. The van der Waals surface area contributed by atoms with Gasteiger partial charge in [-0.15, -0.1) is 0 Å². The van der Waals surface area contributed by atoms with E-state index in [0.717, 1.165) is 23.1 Å². The Morgan fingerprint density at radius 3 is 2.37 bits per heavy atom. The third-order valence-corrected chi connectivity index (χ3v) is 5.30. The summed E-state index contributed by atoms with van der Waals surface area (Å²) in [6.07, 6.45) is 0.902. The molecule has 1 aliphatic rings. The van der Waals surface area contributed by atoms with Crippen molar-refractivity contribution in [1.29, 1.82) is 0 Å². The normalized spacial score (nSPS) is 15.3. The molecule has 3 heteroatoms. The SMILES string of the molecule is CC(C)Cc1ccc2c(c1)S(=O)(=O)c1ccccc1-2. The summed E-state index contributed by atoms with van der Waals surface area (Å²) in [7, 11) is -3.32. The van der Waals surface area contributed by atoms with Crippen molar-refractivity contribution in [1.82, 2.24) is 0 Å². The molecule has 0 spiro atoms. The maximum atomic E-state index is 12.5. The molecule has 2 aromatic carbocycles. The third-order valence-electron chi connectivity index (χ3n) is 3.45. The molecule has 2 aromatic rings. The first-order valence-corrected chi connectivity index (χ1v) is 7.96. The van der Waals surface area contributed by atoms with Gasteiger partial charge in [0.25, 0.3) is 0 Å². The van der Waals surface area contributed by atoms with E-state index in [9.17, 15) is 8.42 Å². The molecule has 0 saturated heterocycles. The summed E-state index contributed by atoms with van der Waals surface area (Å²) < 4.78 is 25.0. The molecule has 0 unspecified atom stereocenters. The Morgan fingerprint density at radius 2 is 1.63 bits per heavy atom. The fraction of sp³-hybridized carbons (Fsp3) is 0.250. The Kier molecular flexibility index (Phi) is 2.75. The molecule has 2 nitrogen and oxygen atoms in total. The molecule has 0 bridgehead atoms. The lowest BCUT2D eigenvalue weighted by molar-refractivity contribution is 0.598. The zero-order valence-electron chi connectivity index (χ0n) is 11.1.